The Labute approximate surface area is 164 Å². The van der Waals surface area contributed by atoms with Gasteiger partial charge < -0.3 is 14.8 Å². The van der Waals surface area contributed by atoms with Crippen LogP contribution in [0.15, 0.2) is 49.2 Å². The van der Waals surface area contributed by atoms with E-state index in [1.165, 1.54) is 0 Å². The van der Waals surface area contributed by atoms with Gasteiger partial charge in [-0.1, -0.05) is 0 Å². The molecule has 0 bridgehead atoms. The lowest BCUT2D eigenvalue weighted by atomic mass is 9.96. The van der Waals surface area contributed by atoms with Gasteiger partial charge in [-0.15, -0.1) is 0 Å². The van der Waals surface area contributed by atoms with E-state index in [1.807, 2.05) is 49.0 Å². The van der Waals surface area contributed by atoms with Crippen LogP contribution in [0.2, 0.25) is 0 Å². The van der Waals surface area contributed by atoms with Gasteiger partial charge in [-0.25, -0.2) is 9.97 Å². The maximum Gasteiger partial charge on any atom is 0.227 e. The predicted octanol–water partition coefficient (Wildman–Crippen LogP) is 3.13. The molecule has 7 nitrogen and oxygen atoms in total. The maximum absolute atomic E-state index is 12.7. The Kier molecular flexibility index (Phi) is 5.06. The summed E-state index contributed by atoms with van der Waals surface area (Å²) in [5.74, 6) is 0.981. The van der Waals surface area contributed by atoms with Crippen molar-refractivity contribution in [1.82, 2.24) is 19.5 Å². The fraction of sp³-hybridized carbons (Fsp3) is 0.333. The summed E-state index contributed by atoms with van der Waals surface area (Å²) in [7, 11) is 0. The van der Waals surface area contributed by atoms with Crippen molar-refractivity contribution in [3.63, 3.8) is 0 Å². The molecule has 28 heavy (non-hydrogen) atoms. The average molecular weight is 376 g/mol. The van der Waals surface area contributed by atoms with E-state index in [4.69, 9.17) is 0 Å². The molecule has 1 fully saturated rings. The molecular weight excluding hydrogens is 352 g/mol. The normalized spacial score (nSPS) is 14.9. The van der Waals surface area contributed by atoms with E-state index in [9.17, 15) is 4.79 Å². The van der Waals surface area contributed by atoms with E-state index in [1.54, 1.807) is 18.6 Å². The standard InChI is InChI=1S/C21H24N6O/c1-15-16(2)27(14-24-15)19-5-3-18(4-6-19)25-21(28)17-7-11-26(12-8-17)20-13-22-9-10-23-20/h3-6,9-10,13-14,17H,7-8,11-12H2,1-2H3,(H,25,28). The van der Waals surface area contributed by atoms with Crippen LogP contribution in [0.4, 0.5) is 11.5 Å². The lowest BCUT2D eigenvalue weighted by Crippen LogP contribution is -2.38. The lowest BCUT2D eigenvalue weighted by molar-refractivity contribution is -0.120. The Hall–Kier alpha value is -3.22. The summed E-state index contributed by atoms with van der Waals surface area (Å²) in [5.41, 5.74) is 3.99. The van der Waals surface area contributed by atoms with Gasteiger partial charge in [-0.3, -0.25) is 9.78 Å². The summed E-state index contributed by atoms with van der Waals surface area (Å²) in [6, 6.07) is 7.88. The summed E-state index contributed by atoms with van der Waals surface area (Å²) < 4.78 is 2.04. The lowest BCUT2D eigenvalue weighted by Gasteiger charge is -2.31. The molecule has 2 aromatic heterocycles. The second-order valence-corrected chi connectivity index (χ2v) is 7.15. The van der Waals surface area contributed by atoms with Gasteiger partial charge >= 0.3 is 0 Å². The molecule has 0 saturated carbocycles. The van der Waals surface area contributed by atoms with Gasteiger partial charge in [0.1, 0.15) is 5.82 Å². The number of carbonyl (C=O) groups is 1. The summed E-state index contributed by atoms with van der Waals surface area (Å²) in [5, 5.41) is 3.05. The first-order valence-electron chi connectivity index (χ1n) is 9.54. The first kappa shape index (κ1) is 18.2. The van der Waals surface area contributed by atoms with Crippen molar-refractivity contribution in [2.75, 3.05) is 23.3 Å². The van der Waals surface area contributed by atoms with Crippen LogP contribution in [0.5, 0.6) is 0 Å². The predicted molar refractivity (Wildman–Crippen MR) is 109 cm³/mol. The molecular formula is C21H24N6O. The topological polar surface area (TPSA) is 75.9 Å². The molecule has 1 aliphatic rings. The molecule has 0 atom stereocenters. The highest BCUT2D eigenvalue weighted by atomic mass is 16.1. The number of nitrogens with zero attached hydrogens (tertiary/aromatic N) is 5. The van der Waals surface area contributed by atoms with Gasteiger partial charge in [0, 0.05) is 48.5 Å². The summed E-state index contributed by atoms with van der Waals surface area (Å²) in [6.45, 7) is 5.67. The zero-order chi connectivity index (χ0) is 19.5. The SMILES string of the molecule is Cc1ncn(-c2ccc(NC(=O)C3CCN(c4cnccn4)CC3)cc2)c1C. The van der Waals surface area contributed by atoms with Gasteiger partial charge in [-0.2, -0.15) is 0 Å². The number of carbonyl (C=O) groups excluding carboxylic acids is 1. The van der Waals surface area contributed by atoms with Gasteiger partial charge in [0.25, 0.3) is 0 Å². The zero-order valence-electron chi connectivity index (χ0n) is 16.2. The van der Waals surface area contributed by atoms with Crippen LogP contribution in [0.3, 0.4) is 0 Å². The van der Waals surface area contributed by atoms with Crippen molar-refractivity contribution in [1.29, 1.82) is 0 Å². The molecule has 144 valence electrons. The minimum Gasteiger partial charge on any atom is -0.355 e. The Balaban J connectivity index is 1.35. The molecule has 3 aromatic rings. The van der Waals surface area contributed by atoms with E-state index < -0.39 is 0 Å². The summed E-state index contributed by atoms with van der Waals surface area (Å²) >= 11 is 0. The third-order valence-corrected chi connectivity index (χ3v) is 5.40. The van der Waals surface area contributed by atoms with Crippen LogP contribution in [0, 0.1) is 19.8 Å². The molecule has 0 unspecified atom stereocenters. The highest BCUT2D eigenvalue weighted by molar-refractivity contribution is 5.92. The fourth-order valence-corrected chi connectivity index (χ4v) is 3.53. The Morgan fingerprint density at radius 3 is 2.43 bits per heavy atom. The summed E-state index contributed by atoms with van der Waals surface area (Å²) in [6.07, 6.45) is 8.59. The van der Waals surface area contributed by atoms with E-state index >= 15 is 0 Å². The van der Waals surface area contributed by atoms with Crippen LogP contribution in [0.25, 0.3) is 5.69 Å². The number of nitrogens with one attached hydrogen (secondary N) is 1. The Bertz CT molecular complexity index is 943. The van der Waals surface area contributed by atoms with E-state index in [2.05, 4.69) is 25.2 Å². The number of anilines is 2. The minimum absolute atomic E-state index is 0.0196. The first-order valence-corrected chi connectivity index (χ1v) is 9.54. The van der Waals surface area contributed by atoms with Crippen LogP contribution in [-0.4, -0.2) is 38.5 Å². The minimum atomic E-state index is 0.0196. The molecule has 1 N–H and O–H groups in total. The quantitative estimate of drug-likeness (QED) is 0.757. The number of rotatable bonds is 4. The van der Waals surface area contributed by atoms with E-state index in [0.29, 0.717) is 0 Å². The molecule has 0 aliphatic carbocycles. The average Bonchev–Trinajstić information content (AvgIpc) is 3.08. The highest BCUT2D eigenvalue weighted by Crippen LogP contribution is 2.23. The second kappa shape index (κ2) is 7.80. The maximum atomic E-state index is 12.7. The monoisotopic (exact) mass is 376 g/mol. The van der Waals surface area contributed by atoms with Crippen LogP contribution < -0.4 is 10.2 Å². The molecule has 1 aliphatic heterocycles. The number of imidazole rings is 1. The molecule has 0 radical (unpaired) electrons. The molecule has 1 aromatic carbocycles. The van der Waals surface area contributed by atoms with Crippen LogP contribution >= 0.6 is 0 Å². The molecule has 4 rings (SSSR count). The van der Waals surface area contributed by atoms with Crippen molar-refractivity contribution in [3.8, 4) is 5.69 Å². The number of aromatic nitrogens is 4. The number of hydrogen-bond acceptors (Lipinski definition) is 5. The third kappa shape index (κ3) is 3.74. The van der Waals surface area contributed by atoms with Crippen molar-refractivity contribution >= 4 is 17.4 Å². The van der Waals surface area contributed by atoms with Crippen LogP contribution in [0.1, 0.15) is 24.2 Å². The third-order valence-electron chi connectivity index (χ3n) is 5.40. The molecule has 1 saturated heterocycles. The zero-order valence-corrected chi connectivity index (χ0v) is 16.2. The van der Waals surface area contributed by atoms with Crippen LogP contribution in [-0.2, 0) is 4.79 Å². The van der Waals surface area contributed by atoms with Crippen molar-refractivity contribution in [2.24, 2.45) is 5.92 Å². The second-order valence-electron chi connectivity index (χ2n) is 7.15. The number of benzene rings is 1. The fourth-order valence-electron chi connectivity index (χ4n) is 3.53. The number of amides is 1. The van der Waals surface area contributed by atoms with Gasteiger partial charge in [0.2, 0.25) is 5.91 Å². The molecule has 3 heterocycles. The molecule has 1 amide bonds. The van der Waals surface area contributed by atoms with Crippen molar-refractivity contribution in [2.45, 2.75) is 26.7 Å². The highest BCUT2D eigenvalue weighted by Gasteiger charge is 2.25. The Morgan fingerprint density at radius 2 is 1.82 bits per heavy atom. The largest absolute Gasteiger partial charge is 0.355 e. The van der Waals surface area contributed by atoms with Crippen molar-refractivity contribution in [3.05, 3.63) is 60.6 Å². The van der Waals surface area contributed by atoms with E-state index in [-0.39, 0.29) is 11.8 Å². The van der Waals surface area contributed by atoms with E-state index in [0.717, 1.165) is 54.5 Å². The first-order chi connectivity index (χ1) is 13.6. The van der Waals surface area contributed by atoms with Crippen molar-refractivity contribution < 1.29 is 4.79 Å². The van der Waals surface area contributed by atoms with Gasteiger partial charge in [0.15, 0.2) is 0 Å². The number of hydrogen-bond donors (Lipinski definition) is 1. The summed E-state index contributed by atoms with van der Waals surface area (Å²) in [4.78, 5) is 27.6. The Morgan fingerprint density at radius 1 is 1.07 bits per heavy atom. The molecule has 7 heteroatoms. The van der Waals surface area contributed by atoms with Gasteiger partial charge in [0.05, 0.1) is 18.2 Å². The smallest absolute Gasteiger partial charge is 0.227 e. The number of aryl methyl sites for hydroxylation is 1. The molecule has 0 spiro atoms. The number of piperidine rings is 1. The van der Waals surface area contributed by atoms with Gasteiger partial charge in [-0.05, 0) is 51.0 Å².